The minimum Gasteiger partial charge on any atom is -0.494 e. The first-order chi connectivity index (χ1) is 15.7. The van der Waals surface area contributed by atoms with E-state index in [4.69, 9.17) is 9.47 Å². The van der Waals surface area contributed by atoms with Gasteiger partial charge in [0.2, 0.25) is 0 Å². The van der Waals surface area contributed by atoms with Crippen LogP contribution in [0.15, 0.2) is 84.4 Å². The molecule has 0 aliphatic carbocycles. The second kappa shape index (κ2) is 8.48. The molecule has 1 aromatic heterocycles. The molecule has 1 aliphatic heterocycles. The lowest BCUT2D eigenvalue weighted by molar-refractivity contribution is -0.118. The van der Waals surface area contributed by atoms with Crippen molar-refractivity contribution in [2.75, 3.05) is 6.61 Å². The number of fused-ring (bicyclic) bond motifs is 3. The van der Waals surface area contributed by atoms with Crippen LogP contribution in [0.4, 0.5) is 0 Å². The molecule has 2 heterocycles. The van der Waals surface area contributed by atoms with E-state index in [1.54, 1.807) is 0 Å². The van der Waals surface area contributed by atoms with Crippen molar-refractivity contribution in [3.05, 3.63) is 95.3 Å². The van der Waals surface area contributed by atoms with Crippen molar-refractivity contribution in [1.82, 2.24) is 4.57 Å². The van der Waals surface area contributed by atoms with Gasteiger partial charge in [-0.25, -0.2) is 0 Å². The summed E-state index contributed by atoms with van der Waals surface area (Å²) < 4.78 is 14.7. The van der Waals surface area contributed by atoms with E-state index in [2.05, 4.69) is 11.6 Å². The quantitative estimate of drug-likeness (QED) is 0.375. The minimum atomic E-state index is -0.516. The van der Waals surface area contributed by atoms with Crippen molar-refractivity contribution in [1.29, 1.82) is 0 Å². The van der Waals surface area contributed by atoms with Crippen molar-refractivity contribution < 1.29 is 14.3 Å². The molecule has 0 saturated carbocycles. The van der Waals surface area contributed by atoms with Gasteiger partial charge in [-0.3, -0.25) is 4.79 Å². The van der Waals surface area contributed by atoms with Crippen LogP contribution in [-0.2, 0) is 11.3 Å². The maximum Gasteiger partial charge on any atom is 0.260 e. The molecule has 6 heteroatoms. The van der Waals surface area contributed by atoms with Gasteiger partial charge >= 0.3 is 0 Å². The zero-order valence-electron chi connectivity index (χ0n) is 17.7. The summed E-state index contributed by atoms with van der Waals surface area (Å²) >= 11 is 1.48. The van der Waals surface area contributed by atoms with Crippen molar-refractivity contribution in [2.24, 2.45) is 4.99 Å². The summed E-state index contributed by atoms with van der Waals surface area (Å²) in [6.45, 7) is 6.99. The lowest BCUT2D eigenvalue weighted by atomic mass is 9.87. The maximum atomic E-state index is 13.6. The smallest absolute Gasteiger partial charge is 0.260 e. The van der Waals surface area contributed by atoms with Crippen molar-refractivity contribution in [3.8, 4) is 17.2 Å². The van der Waals surface area contributed by atoms with E-state index in [1.807, 2.05) is 84.3 Å². The molecule has 3 aromatic carbocycles. The van der Waals surface area contributed by atoms with Gasteiger partial charge < -0.3 is 14.0 Å². The molecule has 5 rings (SSSR count). The summed E-state index contributed by atoms with van der Waals surface area (Å²) in [4.78, 5) is 18.9. The Morgan fingerprint density at radius 1 is 1.12 bits per heavy atom. The van der Waals surface area contributed by atoms with Crippen molar-refractivity contribution in [2.45, 2.75) is 19.4 Å². The highest BCUT2D eigenvalue weighted by Crippen LogP contribution is 2.44. The Balaban J connectivity index is 1.65. The molecule has 160 valence electrons. The standard InChI is InChI=1S/C26H22N2O3S/c1-3-15-28-20-14-13-17(30-4-2)16-23(20)32-26(28)27-25(29)24-18-9-5-7-11-21(18)31-22-12-8-6-10-19(22)24/h3,5-14,16,24H,1,4,15H2,2H3. The molecule has 0 unspecified atom stereocenters. The molecule has 1 amide bonds. The van der Waals surface area contributed by atoms with E-state index < -0.39 is 5.92 Å². The van der Waals surface area contributed by atoms with Crippen molar-refractivity contribution in [3.63, 3.8) is 0 Å². The molecule has 0 saturated heterocycles. The van der Waals surface area contributed by atoms with Gasteiger partial charge in [-0.2, -0.15) is 4.99 Å². The van der Waals surface area contributed by atoms with Crippen LogP contribution in [0.2, 0.25) is 0 Å². The summed E-state index contributed by atoms with van der Waals surface area (Å²) in [6.07, 6.45) is 1.81. The van der Waals surface area contributed by atoms with Gasteiger partial charge in [-0.05, 0) is 37.3 Å². The highest BCUT2D eigenvalue weighted by Gasteiger charge is 2.32. The molecule has 0 bridgehead atoms. The monoisotopic (exact) mass is 442 g/mol. The van der Waals surface area contributed by atoms with Gasteiger partial charge in [0, 0.05) is 17.7 Å². The maximum absolute atomic E-state index is 13.6. The predicted molar refractivity (Wildman–Crippen MR) is 127 cm³/mol. The number of carbonyl (C=O) groups excluding carboxylic acids is 1. The van der Waals surface area contributed by atoms with E-state index >= 15 is 0 Å². The average Bonchev–Trinajstić information content (AvgIpc) is 3.14. The minimum absolute atomic E-state index is 0.220. The van der Waals surface area contributed by atoms with Gasteiger partial charge in [0.25, 0.3) is 5.91 Å². The number of nitrogens with zero attached hydrogens (tertiary/aromatic N) is 2. The fraction of sp³-hybridized carbons (Fsp3) is 0.154. The number of aromatic nitrogens is 1. The summed E-state index contributed by atoms with van der Waals surface area (Å²) in [5.74, 6) is 1.45. The number of hydrogen-bond acceptors (Lipinski definition) is 4. The third kappa shape index (κ3) is 3.52. The Bertz CT molecular complexity index is 1350. The molecule has 32 heavy (non-hydrogen) atoms. The molecule has 0 radical (unpaired) electrons. The van der Waals surface area contributed by atoms with Crippen molar-refractivity contribution >= 4 is 27.5 Å². The fourth-order valence-electron chi connectivity index (χ4n) is 4.04. The van der Waals surface area contributed by atoms with Gasteiger partial charge in [0.15, 0.2) is 4.80 Å². The summed E-state index contributed by atoms with van der Waals surface area (Å²) in [5.41, 5.74) is 2.66. The summed E-state index contributed by atoms with van der Waals surface area (Å²) in [7, 11) is 0. The molecule has 4 aromatic rings. The van der Waals surface area contributed by atoms with Crippen LogP contribution in [0.25, 0.3) is 10.2 Å². The number of allylic oxidation sites excluding steroid dienone is 1. The van der Waals surface area contributed by atoms with Crippen LogP contribution >= 0.6 is 11.3 Å². The first kappa shape index (κ1) is 20.3. The van der Waals surface area contributed by atoms with Gasteiger partial charge in [0.1, 0.15) is 17.2 Å². The largest absolute Gasteiger partial charge is 0.494 e. The van der Waals surface area contributed by atoms with E-state index in [0.29, 0.717) is 29.5 Å². The number of hydrogen-bond donors (Lipinski definition) is 0. The molecular weight excluding hydrogens is 420 g/mol. The second-order valence-electron chi connectivity index (χ2n) is 7.41. The molecule has 0 fully saturated rings. The third-order valence-electron chi connectivity index (χ3n) is 5.41. The van der Waals surface area contributed by atoms with Crippen LogP contribution in [0.1, 0.15) is 24.0 Å². The average molecular weight is 443 g/mol. The number of para-hydroxylation sites is 2. The Labute approximate surface area is 189 Å². The molecule has 1 aliphatic rings. The first-order valence-corrected chi connectivity index (χ1v) is 11.3. The Morgan fingerprint density at radius 2 is 1.81 bits per heavy atom. The highest BCUT2D eigenvalue weighted by atomic mass is 32.1. The molecule has 0 spiro atoms. The van der Waals surface area contributed by atoms with Crippen LogP contribution in [0, 0.1) is 0 Å². The topological polar surface area (TPSA) is 52.8 Å². The highest BCUT2D eigenvalue weighted by molar-refractivity contribution is 7.16. The number of thiazole rings is 1. The van der Waals surface area contributed by atoms with Gasteiger partial charge in [-0.1, -0.05) is 53.8 Å². The van der Waals surface area contributed by atoms with E-state index in [0.717, 1.165) is 27.1 Å². The Morgan fingerprint density at radius 3 is 2.47 bits per heavy atom. The van der Waals surface area contributed by atoms with Gasteiger partial charge in [-0.15, -0.1) is 6.58 Å². The normalized spacial score (nSPS) is 13.3. The van der Waals surface area contributed by atoms with E-state index in [9.17, 15) is 4.79 Å². The Kier molecular flexibility index (Phi) is 5.37. The van der Waals surface area contributed by atoms with Crippen LogP contribution in [0.5, 0.6) is 17.2 Å². The number of rotatable bonds is 5. The van der Waals surface area contributed by atoms with Crippen LogP contribution in [-0.4, -0.2) is 17.1 Å². The lowest BCUT2D eigenvalue weighted by Crippen LogP contribution is -2.22. The summed E-state index contributed by atoms with van der Waals surface area (Å²) in [6, 6.07) is 21.2. The number of amides is 1. The zero-order chi connectivity index (χ0) is 22.1. The van der Waals surface area contributed by atoms with Crippen LogP contribution in [0.3, 0.4) is 0 Å². The first-order valence-electron chi connectivity index (χ1n) is 10.5. The van der Waals surface area contributed by atoms with Crippen LogP contribution < -0.4 is 14.3 Å². The third-order valence-corrected chi connectivity index (χ3v) is 6.45. The van der Waals surface area contributed by atoms with Gasteiger partial charge in [0.05, 0.1) is 22.7 Å². The van der Waals surface area contributed by atoms with E-state index in [1.165, 1.54) is 11.3 Å². The lowest BCUT2D eigenvalue weighted by Gasteiger charge is -2.25. The zero-order valence-corrected chi connectivity index (χ0v) is 18.5. The summed E-state index contributed by atoms with van der Waals surface area (Å²) in [5, 5.41) is 0. The fourth-order valence-corrected chi connectivity index (χ4v) is 5.11. The molecule has 5 nitrogen and oxygen atoms in total. The van der Waals surface area contributed by atoms with E-state index in [-0.39, 0.29) is 5.91 Å². The number of ether oxygens (including phenoxy) is 2. The second-order valence-corrected chi connectivity index (χ2v) is 8.42. The molecule has 0 N–H and O–H groups in total. The molecule has 0 atom stereocenters. The number of benzene rings is 3. The number of carbonyl (C=O) groups is 1. The predicted octanol–water partition coefficient (Wildman–Crippen LogP) is 5.65. The Hall–Kier alpha value is -3.64. The SMILES string of the molecule is C=CCn1c(=NC(=O)C2c3ccccc3Oc3ccccc32)sc2cc(OCC)ccc21. The molecular formula is C26H22N2O3S.